The first-order valence-electron chi connectivity index (χ1n) is 21.3. The summed E-state index contributed by atoms with van der Waals surface area (Å²) < 4.78 is 0. The standard InChI is InChI=1S/C47H86/c1-23-24(2)36(28(6)38-30(8)40-26(4)34(12)44(14,15)46(18,19)42(40)32(38)10)22-37(25(23)3)29(7)39-31(9)41-27(5)35(13)45(16,17)47(20,21)43(41)33(39)11/h23-43H,22H2,1-21H3/t23?,24-,25+,26-,27-,28-,29+,30+,31+,32-,33-,34+,35+,36+,37-,38-,39-,40+,41+,42-,43-/m1/s1. The molecule has 0 bridgehead atoms. The van der Waals surface area contributed by atoms with E-state index in [2.05, 4.69) is 145 Å². The zero-order valence-corrected chi connectivity index (χ0v) is 35.8. The normalized spacial score (nSPS) is 56.0. The fraction of sp³-hybridized carbons (Fsp3) is 1.00. The Hall–Kier alpha value is 0. The Kier molecular flexibility index (Phi) is 9.79. The lowest BCUT2D eigenvalue weighted by Gasteiger charge is -2.60. The van der Waals surface area contributed by atoms with Gasteiger partial charge < -0.3 is 0 Å². The third-order valence-corrected chi connectivity index (χ3v) is 21.8. The van der Waals surface area contributed by atoms with E-state index in [-0.39, 0.29) is 0 Å². The van der Waals surface area contributed by atoms with Crippen LogP contribution in [0.4, 0.5) is 0 Å². The van der Waals surface area contributed by atoms with Crippen LogP contribution in [0.2, 0.25) is 0 Å². The maximum atomic E-state index is 2.76. The average molecular weight is 651 g/mol. The van der Waals surface area contributed by atoms with Crippen LogP contribution in [0.5, 0.6) is 0 Å². The van der Waals surface area contributed by atoms with Crippen LogP contribution in [0, 0.1) is 146 Å². The summed E-state index contributed by atoms with van der Waals surface area (Å²) in [5.41, 5.74) is 1.52. The van der Waals surface area contributed by atoms with Crippen molar-refractivity contribution >= 4 is 0 Å². The van der Waals surface area contributed by atoms with Gasteiger partial charge in [-0.1, -0.05) is 145 Å². The van der Waals surface area contributed by atoms with Gasteiger partial charge in [-0.2, -0.15) is 0 Å². The zero-order chi connectivity index (χ0) is 35.8. The van der Waals surface area contributed by atoms with Crippen molar-refractivity contribution in [1.29, 1.82) is 0 Å². The fourth-order valence-corrected chi connectivity index (χ4v) is 17.1. The van der Waals surface area contributed by atoms with Crippen molar-refractivity contribution in [2.75, 3.05) is 0 Å². The molecule has 1 unspecified atom stereocenters. The molecule has 0 aromatic rings. The fourth-order valence-electron chi connectivity index (χ4n) is 17.1. The highest BCUT2D eigenvalue weighted by atomic mass is 14.7. The Morgan fingerprint density at radius 2 is 0.660 bits per heavy atom. The number of fused-ring (bicyclic) bond motifs is 2. The van der Waals surface area contributed by atoms with E-state index in [0.717, 1.165) is 124 Å². The molecule has 5 aliphatic rings. The molecule has 47 heavy (non-hydrogen) atoms. The molecule has 5 rings (SSSR count). The summed E-state index contributed by atoms with van der Waals surface area (Å²) in [6.45, 7) is 56.0. The Balaban J connectivity index is 1.44. The molecule has 0 aliphatic heterocycles. The maximum Gasteiger partial charge on any atom is -0.0266 e. The lowest BCUT2D eigenvalue weighted by Crippen LogP contribution is -2.55. The third kappa shape index (κ3) is 4.96. The van der Waals surface area contributed by atoms with Crippen LogP contribution in [-0.4, -0.2) is 0 Å². The molecular weight excluding hydrogens is 565 g/mol. The van der Waals surface area contributed by atoms with Crippen LogP contribution in [0.3, 0.4) is 0 Å². The molecule has 5 saturated carbocycles. The predicted octanol–water partition coefficient (Wildman–Crippen LogP) is 13.7. The molecular formula is C47H86. The molecule has 0 radical (unpaired) electrons. The number of rotatable bonds is 4. The Morgan fingerprint density at radius 1 is 0.362 bits per heavy atom. The molecule has 0 spiro atoms. The van der Waals surface area contributed by atoms with Crippen LogP contribution in [0.15, 0.2) is 0 Å². The lowest BCUT2D eigenvalue weighted by molar-refractivity contribution is -0.124. The number of hydrogen-bond donors (Lipinski definition) is 0. The van der Waals surface area contributed by atoms with Gasteiger partial charge >= 0.3 is 0 Å². The zero-order valence-electron chi connectivity index (χ0n) is 35.8. The third-order valence-electron chi connectivity index (χ3n) is 21.8. The topological polar surface area (TPSA) is 0 Å². The first-order valence-corrected chi connectivity index (χ1v) is 21.3. The molecule has 0 heterocycles. The molecule has 0 aromatic heterocycles. The molecule has 0 aromatic carbocycles. The van der Waals surface area contributed by atoms with Crippen molar-refractivity contribution < 1.29 is 0 Å². The summed E-state index contributed by atoms with van der Waals surface area (Å²) in [4.78, 5) is 0. The van der Waals surface area contributed by atoms with Crippen molar-refractivity contribution in [2.45, 2.75) is 152 Å². The smallest absolute Gasteiger partial charge is 0.0266 e. The molecule has 5 fully saturated rings. The minimum atomic E-state index is 0.380. The molecule has 0 N–H and O–H groups in total. The largest absolute Gasteiger partial charge is 0.0620 e. The summed E-state index contributed by atoms with van der Waals surface area (Å²) in [6.07, 6.45) is 1.48. The molecule has 0 nitrogen and oxygen atoms in total. The second-order valence-corrected chi connectivity index (χ2v) is 22.8. The van der Waals surface area contributed by atoms with E-state index in [0.29, 0.717) is 21.7 Å². The van der Waals surface area contributed by atoms with E-state index in [4.69, 9.17) is 0 Å². The number of hydrogen-bond acceptors (Lipinski definition) is 0. The second-order valence-electron chi connectivity index (χ2n) is 22.8. The van der Waals surface area contributed by atoms with Gasteiger partial charge in [0.05, 0.1) is 0 Å². The highest BCUT2D eigenvalue weighted by Gasteiger charge is 2.66. The van der Waals surface area contributed by atoms with Crippen LogP contribution in [-0.2, 0) is 0 Å². The lowest BCUT2D eigenvalue weighted by atomic mass is 9.44. The van der Waals surface area contributed by atoms with Crippen molar-refractivity contribution in [3.63, 3.8) is 0 Å². The highest BCUT2D eigenvalue weighted by Crippen LogP contribution is 2.71. The first kappa shape index (κ1) is 38.2. The van der Waals surface area contributed by atoms with Crippen LogP contribution < -0.4 is 0 Å². The van der Waals surface area contributed by atoms with Crippen molar-refractivity contribution in [3.05, 3.63) is 0 Å². The monoisotopic (exact) mass is 651 g/mol. The van der Waals surface area contributed by atoms with Gasteiger partial charge in [0, 0.05) is 0 Å². The molecule has 274 valence electrons. The first-order chi connectivity index (χ1) is 21.3. The van der Waals surface area contributed by atoms with E-state index in [9.17, 15) is 0 Å². The van der Waals surface area contributed by atoms with Crippen molar-refractivity contribution in [3.8, 4) is 0 Å². The van der Waals surface area contributed by atoms with Gasteiger partial charge in [0.2, 0.25) is 0 Å². The highest BCUT2D eigenvalue weighted by molar-refractivity contribution is 5.14. The average Bonchev–Trinajstić information content (AvgIpc) is 3.40. The van der Waals surface area contributed by atoms with Gasteiger partial charge in [-0.15, -0.1) is 0 Å². The molecule has 21 atom stereocenters. The Morgan fingerprint density at radius 3 is 0.957 bits per heavy atom. The predicted molar refractivity (Wildman–Crippen MR) is 207 cm³/mol. The SMILES string of the molecule is CC1[C@@H](C)[C@@H]([C@@H](C)[C@H]2[C@@H](C)[C@@H]3[C@H]([C@H]2C)[C@H](C)[C@H](C)C(C)(C)C3(C)C)C[C@@H]([C@H](C)[C@H]2[C@@H](C)[C@@H]3[C@H]([C@H]2C)[C@H](C)[C@H](C)C(C)(C)C3(C)C)[C@H]1C. The summed E-state index contributed by atoms with van der Waals surface area (Å²) in [5.74, 6) is 17.5. The van der Waals surface area contributed by atoms with Gasteiger partial charge in [0.15, 0.2) is 0 Å². The molecule has 0 saturated heterocycles. The second kappa shape index (κ2) is 12.0. The van der Waals surface area contributed by atoms with E-state index in [1.165, 1.54) is 6.42 Å². The van der Waals surface area contributed by atoms with Gasteiger partial charge in [-0.3, -0.25) is 0 Å². The van der Waals surface area contributed by atoms with Gasteiger partial charge in [-0.25, -0.2) is 0 Å². The summed E-state index contributed by atoms with van der Waals surface area (Å²) in [5, 5.41) is 0. The Bertz CT molecular complexity index is 1030. The minimum absolute atomic E-state index is 0.380. The van der Waals surface area contributed by atoms with Crippen molar-refractivity contribution in [1.82, 2.24) is 0 Å². The quantitative estimate of drug-likeness (QED) is 0.284. The Labute approximate surface area is 296 Å². The van der Waals surface area contributed by atoms with Crippen molar-refractivity contribution in [2.24, 2.45) is 146 Å². The van der Waals surface area contributed by atoms with Crippen LogP contribution >= 0.6 is 0 Å². The van der Waals surface area contributed by atoms with Crippen LogP contribution in [0.1, 0.15) is 152 Å². The maximum absolute atomic E-state index is 2.76. The van der Waals surface area contributed by atoms with E-state index in [1.54, 1.807) is 0 Å². The van der Waals surface area contributed by atoms with E-state index >= 15 is 0 Å². The van der Waals surface area contributed by atoms with Gasteiger partial charge in [0.25, 0.3) is 0 Å². The summed E-state index contributed by atoms with van der Waals surface area (Å²) in [6, 6.07) is 0. The van der Waals surface area contributed by atoms with E-state index in [1.807, 2.05) is 0 Å². The van der Waals surface area contributed by atoms with Gasteiger partial charge in [0.1, 0.15) is 0 Å². The minimum Gasteiger partial charge on any atom is -0.0620 e. The summed E-state index contributed by atoms with van der Waals surface area (Å²) in [7, 11) is 0. The summed E-state index contributed by atoms with van der Waals surface area (Å²) >= 11 is 0. The van der Waals surface area contributed by atoms with Crippen LogP contribution in [0.25, 0.3) is 0 Å². The van der Waals surface area contributed by atoms with E-state index < -0.39 is 0 Å². The molecule has 0 heteroatoms. The van der Waals surface area contributed by atoms with Gasteiger partial charge in [-0.05, 0) is 152 Å². The molecule has 5 aliphatic carbocycles. The molecule has 0 amide bonds.